The molecule has 0 aromatic heterocycles. The molecule has 100 valence electrons. The first-order valence-electron chi connectivity index (χ1n) is 6.27. The standard InChI is InChI=1S/C13H13BrN2O3/c14-10-6-8(16(18)19)2-3-11(10)15-12(17)9-7-13(9)4-1-5-13/h2-3,6,9H,1,4-5,7H2,(H,15,17). The van der Waals surface area contributed by atoms with E-state index in [4.69, 9.17) is 0 Å². The number of carbonyl (C=O) groups excluding carboxylic acids is 1. The number of rotatable bonds is 3. The van der Waals surface area contributed by atoms with Crippen LogP contribution in [0.25, 0.3) is 0 Å². The van der Waals surface area contributed by atoms with Gasteiger partial charge in [0.15, 0.2) is 0 Å². The number of benzene rings is 1. The van der Waals surface area contributed by atoms with Crippen molar-refractivity contribution in [1.82, 2.24) is 0 Å². The fourth-order valence-electron chi connectivity index (χ4n) is 2.84. The summed E-state index contributed by atoms with van der Waals surface area (Å²) >= 11 is 3.25. The second-order valence-corrected chi connectivity index (χ2v) is 6.24. The molecule has 2 fully saturated rings. The van der Waals surface area contributed by atoms with Crippen LogP contribution in [0.1, 0.15) is 25.7 Å². The average Bonchev–Trinajstić information content (AvgIpc) is 3.06. The summed E-state index contributed by atoms with van der Waals surface area (Å²) in [6.45, 7) is 0. The fourth-order valence-corrected chi connectivity index (χ4v) is 3.31. The molecule has 1 unspecified atom stereocenters. The lowest BCUT2D eigenvalue weighted by molar-refractivity contribution is -0.384. The molecule has 2 aliphatic rings. The molecule has 19 heavy (non-hydrogen) atoms. The van der Waals surface area contributed by atoms with Gasteiger partial charge in [0.2, 0.25) is 5.91 Å². The molecule has 0 radical (unpaired) electrons. The minimum atomic E-state index is -0.458. The van der Waals surface area contributed by atoms with E-state index in [1.165, 1.54) is 18.6 Å². The number of anilines is 1. The minimum absolute atomic E-state index is 0.00626. The van der Waals surface area contributed by atoms with Crippen molar-refractivity contribution in [3.63, 3.8) is 0 Å². The highest BCUT2D eigenvalue weighted by molar-refractivity contribution is 9.10. The van der Waals surface area contributed by atoms with Gasteiger partial charge in [-0.3, -0.25) is 14.9 Å². The minimum Gasteiger partial charge on any atom is -0.325 e. The first kappa shape index (κ1) is 12.6. The third kappa shape index (κ3) is 2.14. The molecule has 1 aromatic carbocycles. The quantitative estimate of drug-likeness (QED) is 0.683. The number of non-ortho nitro benzene ring substituents is 1. The van der Waals surface area contributed by atoms with Crippen molar-refractivity contribution in [3.05, 3.63) is 32.8 Å². The smallest absolute Gasteiger partial charge is 0.270 e. The van der Waals surface area contributed by atoms with Gasteiger partial charge in [0.1, 0.15) is 0 Å². The molecule has 1 spiro atoms. The van der Waals surface area contributed by atoms with Crippen molar-refractivity contribution in [2.75, 3.05) is 5.32 Å². The number of carbonyl (C=O) groups is 1. The fraction of sp³-hybridized carbons (Fsp3) is 0.462. The third-order valence-electron chi connectivity index (χ3n) is 4.28. The zero-order chi connectivity index (χ0) is 13.6. The van der Waals surface area contributed by atoms with Gasteiger partial charge in [-0.1, -0.05) is 6.42 Å². The number of nitro groups is 1. The second-order valence-electron chi connectivity index (χ2n) is 5.38. The van der Waals surface area contributed by atoms with Crippen molar-refractivity contribution in [3.8, 4) is 0 Å². The molecule has 2 aliphatic carbocycles. The molecule has 2 saturated carbocycles. The highest BCUT2D eigenvalue weighted by Gasteiger charge is 2.60. The number of hydrogen-bond donors (Lipinski definition) is 1. The third-order valence-corrected chi connectivity index (χ3v) is 4.93. The van der Waals surface area contributed by atoms with Crippen LogP contribution >= 0.6 is 15.9 Å². The predicted molar refractivity (Wildman–Crippen MR) is 73.8 cm³/mol. The largest absolute Gasteiger partial charge is 0.325 e. The monoisotopic (exact) mass is 324 g/mol. The maximum atomic E-state index is 12.1. The van der Waals surface area contributed by atoms with Crippen molar-refractivity contribution in [2.24, 2.45) is 11.3 Å². The van der Waals surface area contributed by atoms with E-state index in [2.05, 4.69) is 21.2 Å². The van der Waals surface area contributed by atoms with Gasteiger partial charge >= 0.3 is 0 Å². The topological polar surface area (TPSA) is 72.2 Å². The van der Waals surface area contributed by atoms with Crippen molar-refractivity contribution < 1.29 is 9.72 Å². The van der Waals surface area contributed by atoms with Crippen LogP contribution in [-0.4, -0.2) is 10.8 Å². The van der Waals surface area contributed by atoms with E-state index in [0.717, 1.165) is 19.3 Å². The Labute approximate surface area is 118 Å². The van der Waals surface area contributed by atoms with E-state index in [1.54, 1.807) is 6.07 Å². The summed E-state index contributed by atoms with van der Waals surface area (Å²) < 4.78 is 0.540. The van der Waals surface area contributed by atoms with E-state index in [-0.39, 0.29) is 22.9 Å². The van der Waals surface area contributed by atoms with Gasteiger partial charge in [-0.05, 0) is 46.7 Å². The lowest BCUT2D eigenvalue weighted by Crippen LogP contribution is -2.23. The highest BCUT2D eigenvalue weighted by atomic mass is 79.9. The molecule has 6 heteroatoms. The van der Waals surface area contributed by atoms with Crippen molar-refractivity contribution in [1.29, 1.82) is 0 Å². The van der Waals surface area contributed by atoms with Crippen LogP contribution in [0.5, 0.6) is 0 Å². The molecule has 1 amide bonds. The molecule has 0 heterocycles. The summed E-state index contributed by atoms with van der Waals surface area (Å²) in [4.78, 5) is 22.3. The predicted octanol–water partition coefficient (Wildman–Crippen LogP) is 3.49. The molecule has 0 aliphatic heterocycles. The maximum Gasteiger partial charge on any atom is 0.270 e. The summed E-state index contributed by atoms with van der Waals surface area (Å²) in [7, 11) is 0. The second kappa shape index (κ2) is 4.30. The number of hydrogen-bond acceptors (Lipinski definition) is 3. The molecule has 1 aromatic rings. The molecule has 1 atom stereocenters. The average molecular weight is 325 g/mol. The first-order chi connectivity index (χ1) is 9.02. The summed E-state index contributed by atoms with van der Waals surface area (Å²) in [5.74, 6) is 0.164. The van der Waals surface area contributed by atoms with Gasteiger partial charge in [-0.15, -0.1) is 0 Å². The van der Waals surface area contributed by atoms with Gasteiger partial charge in [-0.2, -0.15) is 0 Å². The Morgan fingerprint density at radius 2 is 2.21 bits per heavy atom. The number of nitrogens with one attached hydrogen (secondary N) is 1. The van der Waals surface area contributed by atoms with Crippen LogP contribution in [-0.2, 0) is 4.79 Å². The van der Waals surface area contributed by atoms with Gasteiger partial charge in [-0.25, -0.2) is 0 Å². The number of nitrogens with zero attached hydrogens (tertiary/aromatic N) is 1. The van der Waals surface area contributed by atoms with E-state index >= 15 is 0 Å². The summed E-state index contributed by atoms with van der Waals surface area (Å²) in [5, 5.41) is 13.5. The van der Waals surface area contributed by atoms with Crippen LogP contribution in [0.4, 0.5) is 11.4 Å². The Bertz CT molecular complexity index is 569. The van der Waals surface area contributed by atoms with E-state index in [9.17, 15) is 14.9 Å². The zero-order valence-electron chi connectivity index (χ0n) is 10.2. The molecule has 0 bridgehead atoms. The zero-order valence-corrected chi connectivity index (χ0v) is 11.8. The maximum absolute atomic E-state index is 12.1. The highest BCUT2D eigenvalue weighted by Crippen LogP contribution is 2.65. The van der Waals surface area contributed by atoms with E-state index in [1.807, 2.05) is 0 Å². The van der Waals surface area contributed by atoms with Gasteiger partial charge in [0.25, 0.3) is 5.69 Å². The van der Waals surface area contributed by atoms with Gasteiger partial charge in [0.05, 0.1) is 10.6 Å². The SMILES string of the molecule is O=C(Nc1ccc([N+](=O)[O-])cc1Br)C1CC12CCC2. The molecule has 5 nitrogen and oxygen atoms in total. The number of nitro benzene ring substituents is 1. The van der Waals surface area contributed by atoms with E-state index in [0.29, 0.717) is 10.2 Å². The van der Waals surface area contributed by atoms with Crippen molar-refractivity contribution in [2.45, 2.75) is 25.7 Å². The van der Waals surface area contributed by atoms with Gasteiger partial charge in [0, 0.05) is 22.5 Å². The van der Waals surface area contributed by atoms with Crippen molar-refractivity contribution >= 4 is 33.2 Å². The molecular weight excluding hydrogens is 312 g/mol. The first-order valence-corrected chi connectivity index (χ1v) is 7.06. The summed E-state index contributed by atoms with van der Waals surface area (Å²) in [6.07, 6.45) is 4.54. The molecule has 3 rings (SSSR count). The molecular formula is C13H13BrN2O3. The number of halogens is 1. The Morgan fingerprint density at radius 1 is 1.47 bits per heavy atom. The summed E-state index contributed by atoms with van der Waals surface area (Å²) in [5.41, 5.74) is 0.890. The van der Waals surface area contributed by atoms with Crippen LogP contribution in [0.3, 0.4) is 0 Å². The lowest BCUT2D eigenvalue weighted by atomic mass is 9.79. The Balaban J connectivity index is 1.70. The summed E-state index contributed by atoms with van der Waals surface area (Å²) in [6, 6.07) is 4.37. The number of amides is 1. The molecule has 0 saturated heterocycles. The van der Waals surface area contributed by atoms with Crippen LogP contribution in [0.2, 0.25) is 0 Å². The lowest BCUT2D eigenvalue weighted by Gasteiger charge is -2.26. The van der Waals surface area contributed by atoms with Crippen LogP contribution < -0.4 is 5.32 Å². The normalized spacial score (nSPS) is 22.7. The van der Waals surface area contributed by atoms with Crippen LogP contribution in [0.15, 0.2) is 22.7 Å². The Kier molecular flexibility index (Phi) is 2.85. The van der Waals surface area contributed by atoms with E-state index < -0.39 is 4.92 Å². The Hall–Kier alpha value is -1.43. The van der Waals surface area contributed by atoms with Gasteiger partial charge < -0.3 is 5.32 Å². The Morgan fingerprint density at radius 3 is 2.68 bits per heavy atom. The van der Waals surface area contributed by atoms with Crippen LogP contribution in [0, 0.1) is 21.4 Å². The molecule has 1 N–H and O–H groups in total.